The molecule has 2 N–H and O–H groups in total. The lowest BCUT2D eigenvalue weighted by Crippen LogP contribution is -2.16. The van der Waals surface area contributed by atoms with Crippen molar-refractivity contribution >= 4 is 34.1 Å². The number of aromatic nitrogens is 2. The molecule has 0 spiro atoms. The Labute approximate surface area is 183 Å². The van der Waals surface area contributed by atoms with Gasteiger partial charge in [-0.25, -0.2) is 4.98 Å². The highest BCUT2D eigenvalue weighted by atomic mass is 35.5. The van der Waals surface area contributed by atoms with Crippen LogP contribution in [0.2, 0.25) is 5.02 Å². The maximum atomic E-state index is 12.6. The number of carbonyl (C=O) groups excluding carboxylic acids is 1. The molecule has 1 amide bonds. The van der Waals surface area contributed by atoms with Crippen molar-refractivity contribution in [3.05, 3.63) is 93.5 Å². The van der Waals surface area contributed by atoms with Gasteiger partial charge >= 0.3 is 0 Å². The normalized spacial score (nSPS) is 10.8. The summed E-state index contributed by atoms with van der Waals surface area (Å²) in [6.07, 6.45) is 0.429. The molecule has 4 aromatic rings. The van der Waals surface area contributed by atoms with Gasteiger partial charge in [0.05, 0.1) is 16.6 Å². The minimum atomic E-state index is -0.244. The fourth-order valence-corrected chi connectivity index (χ4v) is 3.29. The van der Waals surface area contributed by atoms with Crippen molar-refractivity contribution in [2.45, 2.75) is 19.8 Å². The number of hydrogen-bond donors (Lipinski definition) is 2. The third kappa shape index (κ3) is 5.10. The molecular formula is C24H20ClN3O3. The number of carbonyl (C=O) groups is 1. The average molecular weight is 434 g/mol. The zero-order chi connectivity index (χ0) is 21.8. The number of aryl methyl sites for hydroxylation is 2. The van der Waals surface area contributed by atoms with E-state index in [4.69, 9.17) is 16.3 Å². The van der Waals surface area contributed by atoms with Crippen LogP contribution in [0.1, 0.15) is 17.8 Å². The molecule has 0 aliphatic carbocycles. The second kappa shape index (κ2) is 9.02. The first-order valence-corrected chi connectivity index (χ1v) is 10.2. The van der Waals surface area contributed by atoms with Crippen LogP contribution < -0.4 is 15.6 Å². The molecule has 0 bridgehead atoms. The van der Waals surface area contributed by atoms with E-state index in [1.165, 1.54) is 0 Å². The number of hydrogen-bond acceptors (Lipinski definition) is 4. The second-order valence-corrected chi connectivity index (χ2v) is 7.57. The predicted molar refractivity (Wildman–Crippen MR) is 122 cm³/mol. The van der Waals surface area contributed by atoms with Crippen LogP contribution in [0.3, 0.4) is 0 Å². The van der Waals surface area contributed by atoms with Crippen LogP contribution in [-0.4, -0.2) is 15.9 Å². The maximum Gasteiger partial charge on any atom is 0.258 e. The Balaban J connectivity index is 1.46. The van der Waals surface area contributed by atoms with E-state index in [1.807, 2.05) is 37.3 Å². The van der Waals surface area contributed by atoms with E-state index < -0.39 is 0 Å². The van der Waals surface area contributed by atoms with Crippen molar-refractivity contribution in [1.82, 2.24) is 9.97 Å². The fraction of sp³-hybridized carbons (Fsp3) is 0.125. The van der Waals surface area contributed by atoms with Crippen LogP contribution in [0.4, 0.5) is 5.69 Å². The van der Waals surface area contributed by atoms with Crippen LogP contribution >= 0.6 is 11.6 Å². The Bertz CT molecular complexity index is 1300. The quantitative estimate of drug-likeness (QED) is 0.435. The summed E-state index contributed by atoms with van der Waals surface area (Å²) in [5.74, 6) is 1.35. The largest absolute Gasteiger partial charge is 0.455 e. The summed E-state index contributed by atoms with van der Waals surface area (Å²) >= 11 is 6.11. The van der Waals surface area contributed by atoms with E-state index in [0.717, 1.165) is 5.56 Å². The number of nitrogens with zero attached hydrogens (tertiary/aromatic N) is 1. The van der Waals surface area contributed by atoms with Crippen molar-refractivity contribution in [2.75, 3.05) is 5.32 Å². The van der Waals surface area contributed by atoms with Gasteiger partial charge in [0.1, 0.15) is 11.6 Å². The Morgan fingerprint density at radius 2 is 1.87 bits per heavy atom. The fourth-order valence-electron chi connectivity index (χ4n) is 3.12. The van der Waals surface area contributed by atoms with Gasteiger partial charge in [-0.05, 0) is 49.4 Å². The molecule has 0 aliphatic heterocycles. The van der Waals surface area contributed by atoms with Crippen LogP contribution in [0.25, 0.3) is 10.9 Å². The summed E-state index contributed by atoms with van der Waals surface area (Å²) < 4.78 is 5.91. The monoisotopic (exact) mass is 433 g/mol. The Hall–Kier alpha value is -3.64. The van der Waals surface area contributed by atoms with Crippen molar-refractivity contribution in [3.8, 4) is 11.5 Å². The molecule has 1 heterocycles. The van der Waals surface area contributed by atoms with E-state index >= 15 is 0 Å². The number of para-hydroxylation sites is 1. The first kappa shape index (κ1) is 20.6. The molecule has 3 aromatic carbocycles. The summed E-state index contributed by atoms with van der Waals surface area (Å²) in [6, 6.07) is 19.7. The molecule has 6 nitrogen and oxygen atoms in total. The van der Waals surface area contributed by atoms with Crippen LogP contribution in [0, 0.1) is 6.92 Å². The molecule has 31 heavy (non-hydrogen) atoms. The van der Waals surface area contributed by atoms with Crippen LogP contribution in [0.5, 0.6) is 11.5 Å². The van der Waals surface area contributed by atoms with Crippen molar-refractivity contribution in [2.24, 2.45) is 0 Å². The molecule has 1 aromatic heterocycles. The van der Waals surface area contributed by atoms with Crippen LogP contribution in [-0.2, 0) is 11.2 Å². The second-order valence-electron chi connectivity index (χ2n) is 7.13. The van der Waals surface area contributed by atoms with E-state index in [9.17, 15) is 9.59 Å². The van der Waals surface area contributed by atoms with Gasteiger partial charge in [0.25, 0.3) is 5.56 Å². The maximum absolute atomic E-state index is 12.6. The Morgan fingerprint density at radius 3 is 2.68 bits per heavy atom. The molecule has 0 aliphatic rings. The summed E-state index contributed by atoms with van der Waals surface area (Å²) in [5, 5.41) is 3.84. The molecule has 7 heteroatoms. The highest BCUT2D eigenvalue weighted by molar-refractivity contribution is 6.31. The van der Waals surface area contributed by atoms with E-state index in [0.29, 0.717) is 45.4 Å². The first-order valence-electron chi connectivity index (χ1n) is 9.80. The zero-order valence-electron chi connectivity index (χ0n) is 16.8. The number of anilines is 1. The number of ether oxygens (including phenoxy) is 1. The molecule has 0 radical (unpaired) electrons. The smallest absolute Gasteiger partial charge is 0.258 e. The third-order valence-corrected chi connectivity index (χ3v) is 4.95. The lowest BCUT2D eigenvalue weighted by Gasteiger charge is -2.13. The Morgan fingerprint density at radius 1 is 1.10 bits per heavy atom. The number of fused-ring (bicyclic) bond motifs is 1. The van der Waals surface area contributed by atoms with Gasteiger partial charge in [-0.15, -0.1) is 0 Å². The lowest BCUT2D eigenvalue weighted by molar-refractivity contribution is -0.116. The van der Waals surface area contributed by atoms with Crippen molar-refractivity contribution in [1.29, 1.82) is 0 Å². The molecular weight excluding hydrogens is 414 g/mol. The number of nitrogens with one attached hydrogen (secondary N) is 2. The van der Waals surface area contributed by atoms with E-state index in [1.54, 1.807) is 36.4 Å². The molecule has 156 valence electrons. The van der Waals surface area contributed by atoms with Gasteiger partial charge in [0, 0.05) is 17.9 Å². The number of halogens is 1. The van der Waals surface area contributed by atoms with Gasteiger partial charge < -0.3 is 15.0 Å². The highest BCUT2D eigenvalue weighted by Crippen LogP contribution is 2.32. The minimum Gasteiger partial charge on any atom is -0.455 e. The van der Waals surface area contributed by atoms with Gasteiger partial charge in [0.15, 0.2) is 5.75 Å². The van der Waals surface area contributed by atoms with Gasteiger partial charge in [-0.3, -0.25) is 9.59 Å². The first-order chi connectivity index (χ1) is 15.0. The predicted octanol–water partition coefficient (Wildman–Crippen LogP) is 5.25. The number of rotatable bonds is 6. The van der Waals surface area contributed by atoms with Gasteiger partial charge in [-0.1, -0.05) is 41.4 Å². The van der Waals surface area contributed by atoms with Crippen LogP contribution in [0.15, 0.2) is 71.5 Å². The van der Waals surface area contributed by atoms with Crippen molar-refractivity contribution < 1.29 is 9.53 Å². The average Bonchev–Trinajstić information content (AvgIpc) is 2.76. The molecule has 0 saturated heterocycles. The summed E-state index contributed by atoms with van der Waals surface area (Å²) in [5.41, 5.74) is 1.98. The summed E-state index contributed by atoms with van der Waals surface area (Å²) in [4.78, 5) is 31.9. The lowest BCUT2D eigenvalue weighted by atomic mass is 10.2. The van der Waals surface area contributed by atoms with E-state index in [-0.39, 0.29) is 17.9 Å². The minimum absolute atomic E-state index is 0.137. The van der Waals surface area contributed by atoms with Gasteiger partial charge in [0.2, 0.25) is 5.91 Å². The molecule has 4 rings (SSSR count). The third-order valence-electron chi connectivity index (χ3n) is 4.72. The molecule has 0 fully saturated rings. The van der Waals surface area contributed by atoms with Gasteiger partial charge in [-0.2, -0.15) is 0 Å². The number of aromatic amines is 1. The van der Waals surface area contributed by atoms with E-state index in [2.05, 4.69) is 15.3 Å². The zero-order valence-corrected chi connectivity index (χ0v) is 17.6. The summed E-state index contributed by atoms with van der Waals surface area (Å²) in [7, 11) is 0. The molecule has 0 saturated carbocycles. The number of amides is 1. The summed E-state index contributed by atoms with van der Waals surface area (Å²) in [6.45, 7) is 2.00. The standard InChI is InChI=1S/C24H20ClN3O3/c1-15-6-9-17(10-7-15)31-21-11-8-16(25)14-20(21)27-23(29)13-12-22-26-19-5-3-2-4-18(19)24(30)28-22/h2-11,14H,12-13H2,1H3,(H,27,29)(H,26,28,30). The molecule has 0 unspecified atom stereocenters. The SMILES string of the molecule is Cc1ccc(Oc2ccc(Cl)cc2NC(=O)CCc2nc3ccccc3c(=O)[nH]2)cc1. The highest BCUT2D eigenvalue weighted by Gasteiger charge is 2.12. The Kier molecular flexibility index (Phi) is 6.00. The van der Waals surface area contributed by atoms with Crippen molar-refractivity contribution in [3.63, 3.8) is 0 Å². The topological polar surface area (TPSA) is 84.1 Å². The molecule has 0 atom stereocenters. The number of H-pyrrole nitrogens is 1. The number of benzene rings is 3.